The van der Waals surface area contributed by atoms with Gasteiger partial charge < -0.3 is 0 Å². The van der Waals surface area contributed by atoms with Crippen LogP contribution >= 0.6 is 34.3 Å². The normalized spacial score (nSPS) is 11.5. The van der Waals surface area contributed by atoms with Crippen molar-refractivity contribution in [3.8, 4) is 10.7 Å². The lowest BCUT2D eigenvalue weighted by atomic mass is 10.2. The van der Waals surface area contributed by atoms with Gasteiger partial charge in [0.1, 0.15) is 11.0 Å². The Kier molecular flexibility index (Phi) is 2.73. The van der Waals surface area contributed by atoms with E-state index >= 15 is 0 Å². The highest BCUT2D eigenvalue weighted by molar-refractivity contribution is 7.28. The molecule has 0 unspecified atom stereocenters. The zero-order valence-corrected chi connectivity index (χ0v) is 12.3. The summed E-state index contributed by atoms with van der Waals surface area (Å²) in [7, 11) is 0. The van der Waals surface area contributed by atoms with E-state index in [0.29, 0.717) is 21.9 Å². The minimum absolute atomic E-state index is 0.328. The Morgan fingerprint density at radius 2 is 1.95 bits per heavy atom. The van der Waals surface area contributed by atoms with Gasteiger partial charge >= 0.3 is 0 Å². The van der Waals surface area contributed by atoms with E-state index in [1.165, 1.54) is 21.5 Å². The molecule has 0 atom stereocenters. The van der Waals surface area contributed by atoms with Crippen LogP contribution in [0.1, 0.15) is 0 Å². The average molecular weight is 321 g/mol. The van der Waals surface area contributed by atoms with E-state index in [2.05, 4.69) is 21.4 Å². The van der Waals surface area contributed by atoms with Crippen molar-refractivity contribution in [2.24, 2.45) is 0 Å². The third-order valence-electron chi connectivity index (χ3n) is 2.97. The van der Waals surface area contributed by atoms with Crippen LogP contribution in [0.3, 0.4) is 0 Å². The summed E-state index contributed by atoms with van der Waals surface area (Å²) in [5.41, 5.74) is 0.525. The first kappa shape index (κ1) is 12.2. The maximum absolute atomic E-state index is 13.3. The molecule has 0 aliphatic rings. The Bertz CT molecular complexity index is 916. The lowest BCUT2D eigenvalue weighted by Gasteiger charge is -2.02. The zero-order valence-electron chi connectivity index (χ0n) is 9.93. The molecule has 3 heterocycles. The maximum atomic E-state index is 13.3. The van der Waals surface area contributed by atoms with Gasteiger partial charge in [-0.2, -0.15) is 0 Å². The number of benzene rings is 1. The molecule has 98 valence electrons. The highest BCUT2D eigenvalue weighted by atomic mass is 35.5. The van der Waals surface area contributed by atoms with Crippen molar-refractivity contribution in [2.45, 2.75) is 0 Å². The fourth-order valence-corrected chi connectivity index (χ4v) is 4.33. The van der Waals surface area contributed by atoms with Crippen LogP contribution in [0.2, 0.25) is 5.15 Å². The molecule has 0 bridgehead atoms. The van der Waals surface area contributed by atoms with E-state index in [1.54, 1.807) is 28.7 Å². The fraction of sp³-hybridized carbons (Fsp3) is 0. The standard InChI is InChI=1S/C14H6ClFN2S2/c15-13-8-2-1-7(16)5-9(8)17-14(18-13)12-6-11-10(20-12)3-4-19-11/h1-6H. The minimum atomic E-state index is -0.328. The van der Waals surface area contributed by atoms with E-state index in [9.17, 15) is 4.39 Å². The summed E-state index contributed by atoms with van der Waals surface area (Å²) in [6, 6.07) is 8.45. The number of hydrogen-bond acceptors (Lipinski definition) is 4. The summed E-state index contributed by atoms with van der Waals surface area (Å²) in [5.74, 6) is 0.215. The molecule has 3 aromatic heterocycles. The molecule has 4 rings (SSSR count). The van der Waals surface area contributed by atoms with Gasteiger partial charge in [0.05, 0.1) is 10.4 Å². The minimum Gasteiger partial charge on any atom is -0.227 e. The van der Waals surface area contributed by atoms with Gasteiger partial charge in [-0.25, -0.2) is 14.4 Å². The lowest BCUT2D eigenvalue weighted by molar-refractivity contribution is 0.629. The molecule has 0 aliphatic heterocycles. The van der Waals surface area contributed by atoms with Crippen molar-refractivity contribution in [2.75, 3.05) is 0 Å². The molecule has 0 amide bonds. The second kappa shape index (κ2) is 4.48. The van der Waals surface area contributed by atoms with Crippen molar-refractivity contribution in [3.05, 3.63) is 46.7 Å². The molecular weight excluding hydrogens is 315 g/mol. The molecule has 6 heteroatoms. The van der Waals surface area contributed by atoms with Gasteiger partial charge in [0.15, 0.2) is 5.82 Å². The highest BCUT2D eigenvalue weighted by Crippen LogP contribution is 2.36. The van der Waals surface area contributed by atoms with Gasteiger partial charge in [0, 0.05) is 20.9 Å². The van der Waals surface area contributed by atoms with Crippen LogP contribution in [0.25, 0.3) is 31.0 Å². The molecular formula is C14H6ClFN2S2. The third-order valence-corrected chi connectivity index (χ3v) is 5.35. The Morgan fingerprint density at radius 1 is 1.05 bits per heavy atom. The number of thiophene rings is 2. The van der Waals surface area contributed by atoms with E-state index in [0.717, 1.165) is 4.88 Å². The molecule has 20 heavy (non-hydrogen) atoms. The first-order valence-corrected chi connectivity index (χ1v) is 7.88. The van der Waals surface area contributed by atoms with Crippen LogP contribution in [0.15, 0.2) is 35.7 Å². The average Bonchev–Trinajstić information content (AvgIpc) is 2.98. The molecule has 1 aromatic carbocycles. The number of halogens is 2. The van der Waals surface area contributed by atoms with E-state index in [1.807, 2.05) is 6.07 Å². The van der Waals surface area contributed by atoms with Gasteiger partial charge in [0.25, 0.3) is 0 Å². The zero-order chi connectivity index (χ0) is 13.7. The van der Waals surface area contributed by atoms with Gasteiger partial charge in [-0.1, -0.05) is 11.6 Å². The van der Waals surface area contributed by atoms with Gasteiger partial charge in [0.2, 0.25) is 0 Å². The summed E-state index contributed by atoms with van der Waals surface area (Å²) in [6.45, 7) is 0. The largest absolute Gasteiger partial charge is 0.227 e. The molecule has 0 radical (unpaired) electrons. The fourth-order valence-electron chi connectivity index (χ4n) is 2.05. The monoisotopic (exact) mass is 320 g/mol. The number of rotatable bonds is 1. The van der Waals surface area contributed by atoms with E-state index < -0.39 is 0 Å². The molecule has 0 spiro atoms. The number of hydrogen-bond donors (Lipinski definition) is 0. The molecule has 0 fully saturated rings. The Morgan fingerprint density at radius 3 is 2.80 bits per heavy atom. The number of nitrogens with zero attached hydrogens (tertiary/aromatic N) is 2. The maximum Gasteiger partial charge on any atom is 0.171 e. The number of fused-ring (bicyclic) bond motifs is 2. The first-order chi connectivity index (χ1) is 9.70. The molecule has 0 aliphatic carbocycles. The van der Waals surface area contributed by atoms with Crippen LogP contribution in [0.4, 0.5) is 4.39 Å². The smallest absolute Gasteiger partial charge is 0.171 e. The van der Waals surface area contributed by atoms with Crippen molar-refractivity contribution in [1.29, 1.82) is 0 Å². The summed E-state index contributed by atoms with van der Waals surface area (Å²) >= 11 is 9.46. The summed E-state index contributed by atoms with van der Waals surface area (Å²) in [4.78, 5) is 9.69. The van der Waals surface area contributed by atoms with Crippen LogP contribution in [0.5, 0.6) is 0 Å². The quantitative estimate of drug-likeness (QED) is 0.441. The Labute approximate surface area is 126 Å². The highest BCUT2D eigenvalue weighted by Gasteiger charge is 2.12. The third kappa shape index (κ3) is 1.90. The Balaban J connectivity index is 1.97. The summed E-state index contributed by atoms with van der Waals surface area (Å²) < 4.78 is 15.7. The van der Waals surface area contributed by atoms with E-state index in [4.69, 9.17) is 11.6 Å². The first-order valence-electron chi connectivity index (χ1n) is 5.81. The molecule has 0 N–H and O–H groups in total. The Hall–Kier alpha value is -1.56. The molecule has 4 aromatic rings. The second-order valence-electron chi connectivity index (χ2n) is 4.26. The summed E-state index contributed by atoms with van der Waals surface area (Å²) in [6.07, 6.45) is 0. The number of aromatic nitrogens is 2. The lowest BCUT2D eigenvalue weighted by Crippen LogP contribution is -1.90. The second-order valence-corrected chi connectivity index (χ2v) is 6.65. The predicted molar refractivity (Wildman–Crippen MR) is 83.2 cm³/mol. The summed E-state index contributed by atoms with van der Waals surface area (Å²) in [5, 5.41) is 3.06. The SMILES string of the molecule is Fc1ccc2c(Cl)nc(-c3cc4sccc4s3)nc2c1. The van der Waals surface area contributed by atoms with Gasteiger partial charge in [-0.3, -0.25) is 0 Å². The van der Waals surface area contributed by atoms with Crippen LogP contribution in [-0.2, 0) is 0 Å². The van der Waals surface area contributed by atoms with Crippen LogP contribution in [-0.4, -0.2) is 9.97 Å². The van der Waals surface area contributed by atoms with Crippen molar-refractivity contribution in [1.82, 2.24) is 9.97 Å². The van der Waals surface area contributed by atoms with Crippen molar-refractivity contribution >= 4 is 54.6 Å². The van der Waals surface area contributed by atoms with Crippen LogP contribution < -0.4 is 0 Å². The van der Waals surface area contributed by atoms with Crippen molar-refractivity contribution < 1.29 is 4.39 Å². The molecule has 0 saturated carbocycles. The van der Waals surface area contributed by atoms with Gasteiger partial charge in [-0.15, -0.1) is 22.7 Å². The van der Waals surface area contributed by atoms with Crippen molar-refractivity contribution in [3.63, 3.8) is 0 Å². The van der Waals surface area contributed by atoms with Crippen LogP contribution in [0, 0.1) is 5.82 Å². The van der Waals surface area contributed by atoms with E-state index in [-0.39, 0.29) is 5.82 Å². The topological polar surface area (TPSA) is 25.8 Å². The molecule has 0 saturated heterocycles. The van der Waals surface area contributed by atoms with Gasteiger partial charge in [-0.05, 0) is 29.6 Å². The molecule has 2 nitrogen and oxygen atoms in total. The predicted octanol–water partition coefficient (Wildman–Crippen LogP) is 5.37.